The molecule has 1 aromatic heterocycles. The number of hydrogen-bond acceptors (Lipinski definition) is 3. The van der Waals surface area contributed by atoms with Crippen molar-refractivity contribution in [1.82, 2.24) is 4.98 Å². The first kappa shape index (κ1) is 14.0. The summed E-state index contributed by atoms with van der Waals surface area (Å²) < 4.78 is 5.81. The summed E-state index contributed by atoms with van der Waals surface area (Å²) in [7, 11) is 0. The van der Waals surface area contributed by atoms with Crippen LogP contribution in [0.5, 0.6) is 0 Å². The van der Waals surface area contributed by atoms with Crippen molar-refractivity contribution < 1.29 is 4.74 Å². The minimum Gasteiger partial charge on any atom is -0.372 e. The standard InChI is InChI=1S/C15H17ClN2O/c16-14-7-2-1-6-13(14)15(11-17)19-10-8-12-5-3-4-9-18-12/h1-7,9,15H,8,10-11,17H2. The van der Waals surface area contributed by atoms with Gasteiger partial charge in [0.25, 0.3) is 0 Å². The Labute approximate surface area is 118 Å². The fraction of sp³-hybridized carbons (Fsp3) is 0.267. The molecule has 0 fully saturated rings. The van der Waals surface area contributed by atoms with Gasteiger partial charge < -0.3 is 10.5 Å². The van der Waals surface area contributed by atoms with Crippen LogP contribution in [0, 0.1) is 0 Å². The number of nitrogens with two attached hydrogens (primary N) is 1. The van der Waals surface area contributed by atoms with Crippen molar-refractivity contribution in [3.05, 3.63) is 64.9 Å². The van der Waals surface area contributed by atoms with E-state index in [-0.39, 0.29) is 6.10 Å². The highest BCUT2D eigenvalue weighted by Gasteiger charge is 2.13. The number of pyridine rings is 1. The van der Waals surface area contributed by atoms with Gasteiger partial charge in [0, 0.05) is 35.4 Å². The minimum absolute atomic E-state index is 0.169. The van der Waals surface area contributed by atoms with Crippen LogP contribution in [0.3, 0.4) is 0 Å². The smallest absolute Gasteiger partial charge is 0.0961 e. The molecule has 3 nitrogen and oxygen atoms in total. The third-order valence-corrected chi connectivity index (χ3v) is 3.21. The Balaban J connectivity index is 1.92. The molecule has 2 N–H and O–H groups in total. The molecule has 0 bridgehead atoms. The maximum Gasteiger partial charge on any atom is 0.0961 e. The van der Waals surface area contributed by atoms with E-state index in [0.717, 1.165) is 17.7 Å². The summed E-state index contributed by atoms with van der Waals surface area (Å²) in [6.45, 7) is 0.982. The second-order valence-corrected chi connectivity index (χ2v) is 4.59. The van der Waals surface area contributed by atoms with Gasteiger partial charge in [-0.15, -0.1) is 0 Å². The van der Waals surface area contributed by atoms with Gasteiger partial charge >= 0.3 is 0 Å². The summed E-state index contributed by atoms with van der Waals surface area (Å²) >= 11 is 6.15. The molecule has 19 heavy (non-hydrogen) atoms. The molecule has 1 atom stereocenters. The zero-order valence-corrected chi connectivity index (χ0v) is 11.4. The van der Waals surface area contributed by atoms with Gasteiger partial charge in [0.2, 0.25) is 0 Å². The fourth-order valence-electron chi connectivity index (χ4n) is 1.87. The number of nitrogens with zero attached hydrogens (tertiary/aromatic N) is 1. The first-order valence-electron chi connectivity index (χ1n) is 6.27. The van der Waals surface area contributed by atoms with E-state index in [1.807, 2.05) is 42.5 Å². The summed E-state index contributed by atoms with van der Waals surface area (Å²) in [6, 6.07) is 13.5. The fourth-order valence-corrected chi connectivity index (χ4v) is 2.13. The van der Waals surface area contributed by atoms with Crippen molar-refractivity contribution >= 4 is 11.6 Å². The lowest BCUT2D eigenvalue weighted by Crippen LogP contribution is -2.17. The topological polar surface area (TPSA) is 48.1 Å². The maximum absolute atomic E-state index is 6.15. The number of aromatic nitrogens is 1. The Morgan fingerprint density at radius 3 is 2.63 bits per heavy atom. The lowest BCUT2D eigenvalue weighted by molar-refractivity contribution is 0.0605. The predicted octanol–water partition coefficient (Wildman–Crippen LogP) is 2.99. The third-order valence-electron chi connectivity index (χ3n) is 2.87. The molecular weight excluding hydrogens is 260 g/mol. The van der Waals surface area contributed by atoms with Gasteiger partial charge in [-0.2, -0.15) is 0 Å². The van der Waals surface area contributed by atoms with Gasteiger partial charge in [-0.1, -0.05) is 35.9 Å². The molecule has 0 amide bonds. The molecule has 0 aliphatic carbocycles. The lowest BCUT2D eigenvalue weighted by Gasteiger charge is -2.17. The molecule has 0 aliphatic rings. The molecular formula is C15H17ClN2O. The maximum atomic E-state index is 6.15. The van der Waals surface area contributed by atoms with Crippen LogP contribution in [-0.4, -0.2) is 18.1 Å². The molecule has 100 valence electrons. The largest absolute Gasteiger partial charge is 0.372 e. The van der Waals surface area contributed by atoms with Crippen LogP contribution in [-0.2, 0) is 11.2 Å². The highest BCUT2D eigenvalue weighted by atomic mass is 35.5. The van der Waals surface area contributed by atoms with Crippen LogP contribution >= 0.6 is 11.6 Å². The van der Waals surface area contributed by atoms with E-state index in [1.54, 1.807) is 6.20 Å². The molecule has 0 spiro atoms. The minimum atomic E-state index is -0.169. The molecule has 0 aliphatic heterocycles. The van der Waals surface area contributed by atoms with Gasteiger partial charge in [-0.25, -0.2) is 0 Å². The number of halogens is 1. The average molecular weight is 277 g/mol. The van der Waals surface area contributed by atoms with E-state index in [9.17, 15) is 0 Å². The number of benzene rings is 1. The molecule has 4 heteroatoms. The van der Waals surface area contributed by atoms with Crippen LogP contribution < -0.4 is 5.73 Å². The summed E-state index contributed by atoms with van der Waals surface area (Å²) in [4.78, 5) is 4.25. The number of rotatable bonds is 6. The highest BCUT2D eigenvalue weighted by molar-refractivity contribution is 6.31. The summed E-state index contributed by atoms with van der Waals surface area (Å²) in [6.07, 6.45) is 2.38. The molecule has 0 saturated heterocycles. The zero-order valence-electron chi connectivity index (χ0n) is 10.6. The van der Waals surface area contributed by atoms with Crippen molar-refractivity contribution in [2.45, 2.75) is 12.5 Å². The third kappa shape index (κ3) is 4.03. The van der Waals surface area contributed by atoms with E-state index >= 15 is 0 Å². The van der Waals surface area contributed by atoms with Crippen LogP contribution in [0.15, 0.2) is 48.7 Å². The molecule has 1 aromatic carbocycles. The first-order valence-corrected chi connectivity index (χ1v) is 6.65. The first-order chi connectivity index (χ1) is 9.31. The molecule has 0 radical (unpaired) electrons. The van der Waals surface area contributed by atoms with E-state index in [1.165, 1.54) is 0 Å². The van der Waals surface area contributed by atoms with E-state index in [4.69, 9.17) is 22.1 Å². The summed E-state index contributed by atoms with van der Waals surface area (Å²) in [5.41, 5.74) is 7.70. The van der Waals surface area contributed by atoms with Crippen molar-refractivity contribution in [2.75, 3.05) is 13.2 Å². The van der Waals surface area contributed by atoms with E-state index in [0.29, 0.717) is 18.2 Å². The van der Waals surface area contributed by atoms with Crippen molar-refractivity contribution in [3.8, 4) is 0 Å². The highest BCUT2D eigenvalue weighted by Crippen LogP contribution is 2.24. The average Bonchev–Trinajstić information content (AvgIpc) is 2.46. The van der Waals surface area contributed by atoms with Crippen LogP contribution in [0.4, 0.5) is 0 Å². The molecule has 1 unspecified atom stereocenters. The van der Waals surface area contributed by atoms with Crippen LogP contribution in [0.2, 0.25) is 5.02 Å². The molecule has 1 heterocycles. The molecule has 2 aromatic rings. The lowest BCUT2D eigenvalue weighted by atomic mass is 10.1. The second-order valence-electron chi connectivity index (χ2n) is 4.19. The Morgan fingerprint density at radius 2 is 1.95 bits per heavy atom. The Hall–Kier alpha value is -1.42. The van der Waals surface area contributed by atoms with Crippen LogP contribution in [0.1, 0.15) is 17.4 Å². The Bertz CT molecular complexity index is 505. The zero-order chi connectivity index (χ0) is 13.5. The monoisotopic (exact) mass is 276 g/mol. The quantitative estimate of drug-likeness (QED) is 0.882. The SMILES string of the molecule is NCC(OCCc1ccccn1)c1ccccc1Cl. The van der Waals surface area contributed by atoms with Crippen LogP contribution in [0.25, 0.3) is 0 Å². The van der Waals surface area contributed by atoms with Crippen molar-refractivity contribution in [1.29, 1.82) is 0 Å². The van der Waals surface area contributed by atoms with E-state index < -0.39 is 0 Å². The van der Waals surface area contributed by atoms with Crippen molar-refractivity contribution in [3.63, 3.8) is 0 Å². The predicted molar refractivity (Wildman–Crippen MR) is 77.1 cm³/mol. The molecule has 2 rings (SSSR count). The Kier molecular flexibility index (Phi) is 5.33. The van der Waals surface area contributed by atoms with Gasteiger partial charge in [0.15, 0.2) is 0 Å². The Morgan fingerprint density at radius 1 is 1.16 bits per heavy atom. The summed E-state index contributed by atoms with van der Waals surface area (Å²) in [5.74, 6) is 0. The van der Waals surface area contributed by atoms with Gasteiger partial charge in [-0.3, -0.25) is 4.98 Å². The second kappa shape index (κ2) is 7.24. The van der Waals surface area contributed by atoms with Crippen molar-refractivity contribution in [2.24, 2.45) is 5.73 Å². The van der Waals surface area contributed by atoms with Gasteiger partial charge in [-0.05, 0) is 18.2 Å². The number of hydrogen-bond donors (Lipinski definition) is 1. The van der Waals surface area contributed by atoms with E-state index in [2.05, 4.69) is 4.98 Å². The van der Waals surface area contributed by atoms with Gasteiger partial charge in [0.05, 0.1) is 12.7 Å². The normalized spacial score (nSPS) is 12.3. The molecule has 0 saturated carbocycles. The van der Waals surface area contributed by atoms with Gasteiger partial charge in [0.1, 0.15) is 0 Å². The summed E-state index contributed by atoms with van der Waals surface area (Å²) in [5, 5.41) is 0.691. The number of ether oxygens (including phenoxy) is 1.